The quantitative estimate of drug-likeness (QED) is 0.852. The summed E-state index contributed by atoms with van der Waals surface area (Å²) in [6, 6.07) is 6.58. The minimum Gasteiger partial charge on any atom is -0.318 e. The van der Waals surface area contributed by atoms with Crippen molar-refractivity contribution < 1.29 is 8.42 Å². The fourth-order valence-electron chi connectivity index (χ4n) is 1.57. The van der Waals surface area contributed by atoms with Gasteiger partial charge in [-0.3, -0.25) is 0 Å². The fraction of sp³-hybridized carbons (Fsp3) is 0.417. The Morgan fingerprint density at radius 1 is 1.44 bits per heavy atom. The van der Waals surface area contributed by atoms with Crippen molar-refractivity contribution >= 4 is 10.0 Å². The van der Waals surface area contributed by atoms with E-state index in [-0.39, 0.29) is 4.90 Å². The van der Waals surface area contributed by atoms with Gasteiger partial charge < -0.3 is 5.32 Å². The molecule has 1 N–H and O–H groups in total. The number of hydrogen-bond donors (Lipinski definition) is 1. The van der Waals surface area contributed by atoms with Crippen LogP contribution in [0.15, 0.2) is 23.1 Å². The van der Waals surface area contributed by atoms with Crippen molar-refractivity contribution in [2.75, 3.05) is 27.2 Å². The Labute approximate surface area is 108 Å². The smallest absolute Gasteiger partial charge is 0.243 e. The minimum absolute atomic E-state index is 0.250. The van der Waals surface area contributed by atoms with Crippen LogP contribution in [-0.2, 0) is 10.0 Å². The van der Waals surface area contributed by atoms with Crippen LogP contribution in [0.2, 0.25) is 0 Å². The molecule has 0 bridgehead atoms. The molecule has 0 aromatic heterocycles. The average molecular weight is 267 g/mol. The number of aryl methyl sites for hydroxylation is 1. The van der Waals surface area contributed by atoms with Gasteiger partial charge in [0.2, 0.25) is 10.0 Å². The first-order valence-corrected chi connectivity index (χ1v) is 6.99. The lowest BCUT2D eigenvalue weighted by Crippen LogP contribution is -2.33. The summed E-state index contributed by atoms with van der Waals surface area (Å²) in [6.07, 6.45) is 0. The van der Waals surface area contributed by atoms with Gasteiger partial charge in [0.25, 0.3) is 0 Å². The maximum Gasteiger partial charge on any atom is 0.243 e. The van der Waals surface area contributed by atoms with Crippen molar-refractivity contribution in [1.29, 1.82) is 5.26 Å². The van der Waals surface area contributed by atoms with Gasteiger partial charge >= 0.3 is 0 Å². The molecule has 0 unspecified atom stereocenters. The molecule has 1 rings (SSSR count). The fourth-order valence-corrected chi connectivity index (χ4v) is 2.94. The van der Waals surface area contributed by atoms with Crippen LogP contribution in [-0.4, -0.2) is 39.9 Å². The van der Waals surface area contributed by atoms with E-state index < -0.39 is 10.0 Å². The molecule has 0 saturated carbocycles. The Bertz CT molecular complexity index is 561. The van der Waals surface area contributed by atoms with E-state index in [1.165, 1.54) is 16.4 Å². The standard InChI is InChI=1S/C12H17N3O2S/c1-10-8-11(9-13)4-5-12(10)18(16,17)15(3)7-6-14-2/h4-5,8,14H,6-7H2,1-3H3. The highest BCUT2D eigenvalue weighted by molar-refractivity contribution is 7.89. The Balaban J connectivity index is 3.09. The molecule has 0 radical (unpaired) electrons. The summed E-state index contributed by atoms with van der Waals surface area (Å²) in [6.45, 7) is 2.68. The van der Waals surface area contributed by atoms with E-state index in [9.17, 15) is 8.42 Å². The van der Waals surface area contributed by atoms with Gasteiger partial charge in [-0.1, -0.05) is 0 Å². The van der Waals surface area contributed by atoms with E-state index in [0.717, 1.165) is 0 Å². The number of sulfonamides is 1. The molecule has 98 valence electrons. The molecule has 0 fully saturated rings. The summed E-state index contributed by atoms with van der Waals surface area (Å²) in [5, 5.41) is 11.7. The summed E-state index contributed by atoms with van der Waals surface area (Å²) in [5.41, 5.74) is 1.05. The molecular weight excluding hydrogens is 250 g/mol. The molecular formula is C12H17N3O2S. The van der Waals surface area contributed by atoms with Gasteiger partial charge in [0, 0.05) is 20.1 Å². The zero-order valence-corrected chi connectivity index (χ0v) is 11.6. The molecule has 0 aliphatic rings. The number of nitrogens with zero attached hydrogens (tertiary/aromatic N) is 2. The largest absolute Gasteiger partial charge is 0.318 e. The Morgan fingerprint density at radius 2 is 2.11 bits per heavy atom. The van der Waals surface area contributed by atoms with Crippen LogP contribution in [0.1, 0.15) is 11.1 Å². The van der Waals surface area contributed by atoms with E-state index in [2.05, 4.69) is 5.32 Å². The SMILES string of the molecule is CNCCN(C)S(=O)(=O)c1ccc(C#N)cc1C. The van der Waals surface area contributed by atoms with Gasteiger partial charge in [0.1, 0.15) is 0 Å². The lowest BCUT2D eigenvalue weighted by Gasteiger charge is -2.18. The maximum absolute atomic E-state index is 12.3. The molecule has 0 aliphatic carbocycles. The lowest BCUT2D eigenvalue weighted by atomic mass is 10.2. The van der Waals surface area contributed by atoms with Crippen molar-refractivity contribution in [3.8, 4) is 6.07 Å². The summed E-state index contributed by atoms with van der Waals surface area (Å²) in [7, 11) is -0.166. The zero-order chi connectivity index (χ0) is 13.8. The Kier molecular flexibility index (Phi) is 4.84. The van der Waals surface area contributed by atoms with Crippen LogP contribution in [0.3, 0.4) is 0 Å². The number of benzene rings is 1. The first-order chi connectivity index (χ1) is 8.43. The average Bonchev–Trinajstić information content (AvgIpc) is 2.35. The molecule has 18 heavy (non-hydrogen) atoms. The van der Waals surface area contributed by atoms with Crippen molar-refractivity contribution in [2.45, 2.75) is 11.8 Å². The number of nitriles is 1. The molecule has 6 heteroatoms. The molecule has 0 spiro atoms. The van der Waals surface area contributed by atoms with Gasteiger partial charge in [0.15, 0.2) is 0 Å². The van der Waals surface area contributed by atoms with Crippen molar-refractivity contribution in [3.05, 3.63) is 29.3 Å². The monoisotopic (exact) mass is 267 g/mol. The molecule has 0 heterocycles. The molecule has 0 atom stereocenters. The predicted octanol–water partition coefficient (Wildman–Crippen LogP) is 0.707. The van der Waals surface area contributed by atoms with Gasteiger partial charge in [-0.25, -0.2) is 8.42 Å². The van der Waals surface area contributed by atoms with Gasteiger partial charge in [-0.2, -0.15) is 9.57 Å². The predicted molar refractivity (Wildman–Crippen MR) is 69.6 cm³/mol. The second kappa shape index (κ2) is 5.96. The third kappa shape index (κ3) is 3.07. The molecule has 0 amide bonds. The molecule has 1 aromatic rings. The molecule has 0 saturated heterocycles. The van der Waals surface area contributed by atoms with Gasteiger partial charge in [-0.15, -0.1) is 0 Å². The topological polar surface area (TPSA) is 73.2 Å². The summed E-state index contributed by atoms with van der Waals surface area (Å²) in [4.78, 5) is 0.250. The summed E-state index contributed by atoms with van der Waals surface area (Å²) in [5.74, 6) is 0. The van der Waals surface area contributed by atoms with Crippen LogP contribution in [0.25, 0.3) is 0 Å². The van der Waals surface area contributed by atoms with Gasteiger partial charge in [0.05, 0.1) is 16.5 Å². The zero-order valence-electron chi connectivity index (χ0n) is 10.8. The van der Waals surface area contributed by atoms with Crippen LogP contribution in [0, 0.1) is 18.3 Å². The second-order valence-corrected chi connectivity index (χ2v) is 6.04. The van der Waals surface area contributed by atoms with E-state index >= 15 is 0 Å². The highest BCUT2D eigenvalue weighted by Gasteiger charge is 2.22. The van der Waals surface area contributed by atoms with E-state index in [4.69, 9.17) is 5.26 Å². The second-order valence-electron chi connectivity index (χ2n) is 4.02. The third-order valence-electron chi connectivity index (χ3n) is 2.67. The van der Waals surface area contributed by atoms with E-state index in [1.807, 2.05) is 6.07 Å². The maximum atomic E-state index is 12.3. The van der Waals surface area contributed by atoms with Crippen LogP contribution in [0.4, 0.5) is 0 Å². The van der Waals surface area contributed by atoms with Crippen LogP contribution < -0.4 is 5.32 Å². The third-order valence-corrected chi connectivity index (χ3v) is 4.69. The highest BCUT2D eigenvalue weighted by atomic mass is 32.2. The summed E-state index contributed by atoms with van der Waals surface area (Å²) >= 11 is 0. The van der Waals surface area contributed by atoms with Crippen molar-refractivity contribution in [1.82, 2.24) is 9.62 Å². The normalized spacial score (nSPS) is 11.5. The highest BCUT2D eigenvalue weighted by Crippen LogP contribution is 2.19. The number of rotatable bonds is 5. The molecule has 1 aromatic carbocycles. The number of likely N-dealkylation sites (N-methyl/N-ethyl adjacent to an activating group) is 2. The van der Waals surface area contributed by atoms with E-state index in [1.54, 1.807) is 27.1 Å². The Morgan fingerprint density at radius 3 is 2.61 bits per heavy atom. The number of nitrogens with one attached hydrogen (secondary N) is 1. The lowest BCUT2D eigenvalue weighted by molar-refractivity contribution is 0.465. The molecule has 0 aliphatic heterocycles. The van der Waals surface area contributed by atoms with Crippen LogP contribution >= 0.6 is 0 Å². The van der Waals surface area contributed by atoms with Gasteiger partial charge in [-0.05, 0) is 37.7 Å². The molecule has 5 nitrogen and oxygen atoms in total. The van der Waals surface area contributed by atoms with E-state index in [0.29, 0.717) is 24.2 Å². The van der Waals surface area contributed by atoms with Crippen LogP contribution in [0.5, 0.6) is 0 Å². The van der Waals surface area contributed by atoms with Crippen molar-refractivity contribution in [3.63, 3.8) is 0 Å². The Hall–Kier alpha value is -1.42. The minimum atomic E-state index is -3.48. The summed E-state index contributed by atoms with van der Waals surface area (Å²) < 4.78 is 25.9. The first kappa shape index (κ1) is 14.6. The first-order valence-electron chi connectivity index (χ1n) is 5.55. The number of hydrogen-bond acceptors (Lipinski definition) is 4. The van der Waals surface area contributed by atoms with Crippen molar-refractivity contribution in [2.24, 2.45) is 0 Å².